The number of hydrogen-bond acceptors (Lipinski definition) is 4. The van der Waals surface area contributed by atoms with E-state index in [0.717, 1.165) is 16.6 Å². The number of carbonyl (C=O) groups excluding carboxylic acids is 2. The number of halogens is 1. The number of rotatable bonds is 4. The summed E-state index contributed by atoms with van der Waals surface area (Å²) in [7, 11) is 0. The van der Waals surface area contributed by atoms with Gasteiger partial charge in [0.1, 0.15) is 11.8 Å². The largest absolute Gasteiger partial charge is 0.466 e. The number of benzene rings is 1. The monoisotopic (exact) mass is 429 g/mol. The van der Waals surface area contributed by atoms with Crippen LogP contribution in [0.3, 0.4) is 0 Å². The molecule has 27 heavy (non-hydrogen) atoms. The van der Waals surface area contributed by atoms with E-state index in [4.69, 9.17) is 4.74 Å². The van der Waals surface area contributed by atoms with Crippen molar-refractivity contribution in [3.8, 4) is 11.8 Å². The van der Waals surface area contributed by atoms with Crippen LogP contribution in [-0.4, -0.2) is 41.0 Å². The Hall–Kier alpha value is -2.59. The topological polar surface area (TPSA) is 75.3 Å². The summed E-state index contributed by atoms with van der Waals surface area (Å²) in [6.07, 6.45) is 3.16. The average Bonchev–Trinajstić information content (AvgIpc) is 3.12. The van der Waals surface area contributed by atoms with Gasteiger partial charge >= 0.3 is 5.97 Å². The van der Waals surface area contributed by atoms with Gasteiger partial charge in [0, 0.05) is 29.4 Å². The minimum absolute atomic E-state index is 0.245. The molecule has 0 N–H and O–H groups in total. The zero-order valence-electron chi connectivity index (χ0n) is 15.0. The molecule has 0 aliphatic carbocycles. The number of likely N-dealkylation sites (tertiary alicyclic amines) is 1. The quantitative estimate of drug-likeness (QED) is 0.696. The number of carbonyl (C=O) groups is 2. The molecule has 6 nitrogen and oxygen atoms in total. The van der Waals surface area contributed by atoms with Crippen LogP contribution in [0.2, 0.25) is 0 Å². The van der Waals surface area contributed by atoms with Gasteiger partial charge in [-0.2, -0.15) is 5.26 Å². The molecule has 0 radical (unpaired) electrons. The van der Waals surface area contributed by atoms with Gasteiger partial charge in [0.2, 0.25) is 0 Å². The molecule has 0 saturated carbocycles. The molecule has 2 aromatic rings. The lowest BCUT2D eigenvalue weighted by atomic mass is 9.97. The number of nitrogens with zero attached hydrogens (tertiary/aromatic N) is 3. The average molecular weight is 430 g/mol. The predicted molar refractivity (Wildman–Crippen MR) is 103 cm³/mol. The Bertz CT molecular complexity index is 900. The van der Waals surface area contributed by atoms with Crippen LogP contribution in [0, 0.1) is 17.2 Å². The van der Waals surface area contributed by atoms with Crippen LogP contribution in [0.4, 0.5) is 0 Å². The second-order valence-electron chi connectivity index (χ2n) is 6.38. The van der Waals surface area contributed by atoms with Crippen LogP contribution in [0.1, 0.15) is 35.8 Å². The number of hydrogen-bond donors (Lipinski definition) is 0. The third-order valence-corrected chi connectivity index (χ3v) is 5.12. The molecule has 1 saturated heterocycles. The summed E-state index contributed by atoms with van der Waals surface area (Å²) in [4.78, 5) is 27.0. The van der Waals surface area contributed by atoms with E-state index < -0.39 is 0 Å². The van der Waals surface area contributed by atoms with E-state index >= 15 is 0 Å². The first-order chi connectivity index (χ1) is 13.0. The summed E-state index contributed by atoms with van der Waals surface area (Å²) in [6.45, 7) is 2.97. The zero-order chi connectivity index (χ0) is 19.4. The summed E-state index contributed by atoms with van der Waals surface area (Å²) in [5.74, 6) is -0.828. The van der Waals surface area contributed by atoms with Crippen molar-refractivity contribution < 1.29 is 14.3 Å². The molecule has 1 amide bonds. The summed E-state index contributed by atoms with van der Waals surface area (Å²) >= 11 is 3.43. The molecule has 1 aliphatic rings. The zero-order valence-corrected chi connectivity index (χ0v) is 16.6. The number of amides is 1. The number of ether oxygens (including phenoxy) is 1. The van der Waals surface area contributed by atoms with Crippen molar-refractivity contribution >= 4 is 27.8 Å². The van der Waals surface area contributed by atoms with E-state index in [1.165, 1.54) is 0 Å². The first-order valence-corrected chi connectivity index (χ1v) is 9.67. The van der Waals surface area contributed by atoms with Gasteiger partial charge in [0.05, 0.1) is 18.1 Å². The van der Waals surface area contributed by atoms with Crippen LogP contribution >= 0.6 is 15.9 Å². The maximum Gasteiger partial charge on any atom is 0.310 e. The molecule has 1 atom stereocenters. The van der Waals surface area contributed by atoms with Crippen LogP contribution in [-0.2, 0) is 9.53 Å². The van der Waals surface area contributed by atoms with Crippen LogP contribution in [0.5, 0.6) is 0 Å². The fourth-order valence-corrected chi connectivity index (χ4v) is 3.73. The molecule has 1 aliphatic heterocycles. The van der Waals surface area contributed by atoms with Gasteiger partial charge in [-0.3, -0.25) is 9.59 Å². The standard InChI is InChI=1S/C20H20BrN3O3/c1-2-27-20(26)15-5-4-9-23(13-15)19(25)18-14(12-22)8-10-24(18)17-7-3-6-16(21)11-17/h3,6-8,10-11,15H,2,4-5,9,13H2,1H3. The third kappa shape index (κ3) is 4.06. The Morgan fingerprint density at radius 1 is 1.37 bits per heavy atom. The molecule has 3 rings (SSSR count). The van der Waals surface area contributed by atoms with Gasteiger partial charge in [-0.15, -0.1) is 0 Å². The molecule has 0 bridgehead atoms. The molecule has 1 aromatic carbocycles. The Labute approximate surface area is 166 Å². The van der Waals surface area contributed by atoms with Gasteiger partial charge in [-0.25, -0.2) is 0 Å². The van der Waals surface area contributed by atoms with E-state index in [1.54, 1.807) is 28.7 Å². The minimum Gasteiger partial charge on any atom is -0.466 e. The van der Waals surface area contributed by atoms with Crippen molar-refractivity contribution in [3.05, 3.63) is 52.3 Å². The molecular weight excluding hydrogens is 410 g/mol. The second-order valence-corrected chi connectivity index (χ2v) is 7.30. The Morgan fingerprint density at radius 3 is 2.89 bits per heavy atom. The number of piperidine rings is 1. The van der Waals surface area contributed by atoms with Crippen molar-refractivity contribution in [3.63, 3.8) is 0 Å². The van der Waals surface area contributed by atoms with Gasteiger partial charge < -0.3 is 14.2 Å². The molecule has 1 aromatic heterocycles. The lowest BCUT2D eigenvalue weighted by Gasteiger charge is -2.31. The Kier molecular flexibility index (Phi) is 5.97. The van der Waals surface area contributed by atoms with Crippen LogP contribution in [0.15, 0.2) is 41.0 Å². The smallest absolute Gasteiger partial charge is 0.310 e. The normalized spacial score (nSPS) is 16.6. The lowest BCUT2D eigenvalue weighted by Crippen LogP contribution is -2.43. The predicted octanol–water partition coefficient (Wildman–Crippen LogP) is 3.53. The first kappa shape index (κ1) is 19.2. The molecule has 140 valence electrons. The van der Waals surface area contributed by atoms with Gasteiger partial charge in [0.15, 0.2) is 0 Å². The maximum atomic E-state index is 13.2. The molecule has 1 unspecified atom stereocenters. The Balaban J connectivity index is 1.91. The lowest BCUT2D eigenvalue weighted by molar-refractivity contribution is -0.149. The van der Waals surface area contributed by atoms with E-state index in [1.807, 2.05) is 24.3 Å². The van der Waals surface area contributed by atoms with E-state index in [9.17, 15) is 14.9 Å². The minimum atomic E-state index is -0.317. The van der Waals surface area contributed by atoms with Crippen molar-refractivity contribution in [1.82, 2.24) is 9.47 Å². The number of aromatic nitrogens is 1. The molecule has 7 heteroatoms. The van der Waals surface area contributed by atoms with Gasteiger partial charge in [0.25, 0.3) is 5.91 Å². The second kappa shape index (κ2) is 8.40. The van der Waals surface area contributed by atoms with Crippen LogP contribution in [0.25, 0.3) is 5.69 Å². The highest BCUT2D eigenvalue weighted by Gasteiger charge is 2.32. The highest BCUT2D eigenvalue weighted by molar-refractivity contribution is 9.10. The van der Waals surface area contributed by atoms with Crippen LogP contribution < -0.4 is 0 Å². The molecule has 1 fully saturated rings. The van der Waals surface area contributed by atoms with Crippen molar-refractivity contribution in [2.75, 3.05) is 19.7 Å². The van der Waals surface area contributed by atoms with Crippen molar-refractivity contribution in [1.29, 1.82) is 5.26 Å². The summed E-state index contributed by atoms with van der Waals surface area (Å²) in [5, 5.41) is 9.47. The van der Waals surface area contributed by atoms with Crippen molar-refractivity contribution in [2.45, 2.75) is 19.8 Å². The number of esters is 1. The summed E-state index contributed by atoms with van der Waals surface area (Å²) in [6, 6.07) is 11.3. The maximum absolute atomic E-state index is 13.2. The van der Waals surface area contributed by atoms with Gasteiger partial charge in [-0.05, 0) is 44.0 Å². The highest BCUT2D eigenvalue weighted by atomic mass is 79.9. The summed E-state index contributed by atoms with van der Waals surface area (Å²) < 4.78 is 7.71. The number of nitriles is 1. The molecule has 0 spiro atoms. The third-order valence-electron chi connectivity index (χ3n) is 4.62. The Morgan fingerprint density at radius 2 is 2.19 bits per heavy atom. The van der Waals surface area contributed by atoms with E-state index in [2.05, 4.69) is 22.0 Å². The first-order valence-electron chi connectivity index (χ1n) is 8.88. The molecular formula is C20H20BrN3O3. The van der Waals surface area contributed by atoms with Gasteiger partial charge in [-0.1, -0.05) is 22.0 Å². The van der Waals surface area contributed by atoms with E-state index in [-0.39, 0.29) is 17.8 Å². The highest BCUT2D eigenvalue weighted by Crippen LogP contribution is 2.24. The van der Waals surface area contributed by atoms with E-state index in [0.29, 0.717) is 37.4 Å². The molecule has 2 heterocycles. The fourth-order valence-electron chi connectivity index (χ4n) is 3.35. The summed E-state index contributed by atoms with van der Waals surface area (Å²) in [5.41, 5.74) is 1.42. The van der Waals surface area contributed by atoms with Crippen molar-refractivity contribution in [2.24, 2.45) is 5.92 Å². The fraction of sp³-hybridized carbons (Fsp3) is 0.350. The SMILES string of the molecule is CCOC(=O)C1CCCN(C(=O)c2c(C#N)ccn2-c2cccc(Br)c2)C1.